The van der Waals surface area contributed by atoms with Gasteiger partial charge in [-0.2, -0.15) is 0 Å². The van der Waals surface area contributed by atoms with E-state index in [4.69, 9.17) is 17.0 Å². The lowest BCUT2D eigenvalue weighted by Gasteiger charge is -2.34. The molecule has 1 aromatic rings. The molecule has 0 amide bonds. The SMILES string of the molecule is Cc1cccc(C[NH+]2CCN(C(=S)NC[C@@H]3CCCO3)CC2)c1. The highest BCUT2D eigenvalue weighted by molar-refractivity contribution is 7.80. The fourth-order valence-corrected chi connectivity index (χ4v) is 3.70. The minimum absolute atomic E-state index is 0.348. The number of rotatable bonds is 4. The van der Waals surface area contributed by atoms with E-state index in [9.17, 15) is 0 Å². The summed E-state index contributed by atoms with van der Waals surface area (Å²) in [5.41, 5.74) is 2.78. The normalized spacial score (nSPS) is 22.3. The highest BCUT2D eigenvalue weighted by Gasteiger charge is 2.23. The standard InChI is InChI=1S/C18H27N3OS/c1-15-4-2-5-16(12-15)14-20-7-9-21(10-8-20)18(23)19-13-17-6-3-11-22-17/h2,4-5,12,17H,3,6-11,13-14H2,1H3,(H,19,23)/p+1/t17-/m0/s1. The van der Waals surface area contributed by atoms with E-state index in [2.05, 4.69) is 41.4 Å². The van der Waals surface area contributed by atoms with Crippen LogP contribution < -0.4 is 10.2 Å². The van der Waals surface area contributed by atoms with Gasteiger partial charge in [-0.15, -0.1) is 0 Å². The predicted octanol–water partition coefficient (Wildman–Crippen LogP) is 0.749. The van der Waals surface area contributed by atoms with Crippen LogP contribution in [-0.2, 0) is 11.3 Å². The fourth-order valence-electron chi connectivity index (χ4n) is 3.43. The molecule has 0 saturated carbocycles. The Labute approximate surface area is 144 Å². The van der Waals surface area contributed by atoms with Crippen molar-refractivity contribution in [1.82, 2.24) is 10.2 Å². The van der Waals surface area contributed by atoms with Crippen molar-refractivity contribution in [3.8, 4) is 0 Å². The van der Waals surface area contributed by atoms with Crippen molar-refractivity contribution >= 4 is 17.3 Å². The summed E-state index contributed by atoms with van der Waals surface area (Å²) in [5.74, 6) is 0. The Morgan fingerprint density at radius 1 is 1.39 bits per heavy atom. The number of benzene rings is 1. The highest BCUT2D eigenvalue weighted by Crippen LogP contribution is 2.10. The zero-order valence-electron chi connectivity index (χ0n) is 14.0. The van der Waals surface area contributed by atoms with Gasteiger partial charge >= 0.3 is 0 Å². The molecular formula is C18H28N3OS+. The van der Waals surface area contributed by atoms with Crippen LogP contribution in [0, 0.1) is 6.92 Å². The molecule has 2 aliphatic rings. The van der Waals surface area contributed by atoms with E-state index in [1.807, 2.05) is 0 Å². The first-order valence-corrected chi connectivity index (χ1v) is 9.15. The van der Waals surface area contributed by atoms with Gasteiger partial charge in [0.2, 0.25) is 0 Å². The molecule has 3 rings (SSSR count). The van der Waals surface area contributed by atoms with Crippen LogP contribution in [0.3, 0.4) is 0 Å². The maximum Gasteiger partial charge on any atom is 0.169 e. The van der Waals surface area contributed by atoms with Gasteiger partial charge in [-0.1, -0.05) is 29.8 Å². The molecule has 2 aliphatic heterocycles. The number of nitrogens with zero attached hydrogens (tertiary/aromatic N) is 1. The molecule has 0 unspecified atom stereocenters. The molecule has 1 atom stereocenters. The zero-order valence-corrected chi connectivity index (χ0v) is 14.8. The number of aryl methyl sites for hydroxylation is 1. The van der Waals surface area contributed by atoms with Crippen molar-refractivity contribution in [2.75, 3.05) is 39.3 Å². The first kappa shape index (κ1) is 16.7. The second-order valence-corrected chi connectivity index (χ2v) is 7.11. The summed E-state index contributed by atoms with van der Waals surface area (Å²) in [5, 5.41) is 4.29. The predicted molar refractivity (Wildman–Crippen MR) is 96.7 cm³/mol. The Kier molecular flexibility index (Phi) is 5.86. The molecule has 2 heterocycles. The molecular weight excluding hydrogens is 306 g/mol. The quantitative estimate of drug-likeness (QED) is 0.795. The molecule has 2 fully saturated rings. The Balaban J connectivity index is 1.40. The smallest absolute Gasteiger partial charge is 0.169 e. The van der Waals surface area contributed by atoms with Crippen LogP contribution in [0.2, 0.25) is 0 Å². The molecule has 126 valence electrons. The minimum Gasteiger partial charge on any atom is -0.376 e. The highest BCUT2D eigenvalue weighted by atomic mass is 32.1. The van der Waals surface area contributed by atoms with Crippen LogP contribution in [0.4, 0.5) is 0 Å². The monoisotopic (exact) mass is 334 g/mol. The van der Waals surface area contributed by atoms with Crippen LogP contribution in [0.15, 0.2) is 24.3 Å². The lowest BCUT2D eigenvalue weighted by Crippen LogP contribution is -3.13. The third kappa shape index (κ3) is 4.90. The molecule has 23 heavy (non-hydrogen) atoms. The lowest BCUT2D eigenvalue weighted by molar-refractivity contribution is -0.917. The minimum atomic E-state index is 0.348. The summed E-state index contributed by atoms with van der Waals surface area (Å²) in [6.07, 6.45) is 2.69. The Hall–Kier alpha value is -1.17. The van der Waals surface area contributed by atoms with Crippen LogP contribution in [-0.4, -0.2) is 55.4 Å². The lowest BCUT2D eigenvalue weighted by atomic mass is 10.1. The maximum absolute atomic E-state index is 5.64. The van der Waals surface area contributed by atoms with Gasteiger partial charge in [0.05, 0.1) is 32.3 Å². The third-order valence-electron chi connectivity index (χ3n) is 4.80. The van der Waals surface area contributed by atoms with Crippen molar-refractivity contribution in [3.63, 3.8) is 0 Å². The van der Waals surface area contributed by atoms with E-state index in [1.54, 1.807) is 4.90 Å². The summed E-state index contributed by atoms with van der Waals surface area (Å²) in [4.78, 5) is 3.96. The van der Waals surface area contributed by atoms with Gasteiger partial charge in [-0.25, -0.2) is 0 Å². The van der Waals surface area contributed by atoms with Crippen molar-refractivity contribution < 1.29 is 9.64 Å². The third-order valence-corrected chi connectivity index (χ3v) is 5.20. The van der Waals surface area contributed by atoms with E-state index in [0.717, 1.165) is 57.4 Å². The molecule has 0 spiro atoms. The van der Waals surface area contributed by atoms with Gasteiger partial charge in [-0.05, 0) is 32.0 Å². The van der Waals surface area contributed by atoms with Gasteiger partial charge in [0.15, 0.2) is 5.11 Å². The zero-order chi connectivity index (χ0) is 16.1. The molecule has 0 aromatic heterocycles. The first-order valence-electron chi connectivity index (χ1n) is 8.74. The fraction of sp³-hybridized carbons (Fsp3) is 0.611. The van der Waals surface area contributed by atoms with Crippen LogP contribution >= 0.6 is 12.2 Å². The summed E-state index contributed by atoms with van der Waals surface area (Å²) in [7, 11) is 0. The number of quaternary nitrogens is 1. The molecule has 2 saturated heterocycles. The first-order chi connectivity index (χ1) is 11.2. The topological polar surface area (TPSA) is 28.9 Å². The molecule has 0 aliphatic carbocycles. The Morgan fingerprint density at radius 3 is 2.91 bits per heavy atom. The van der Waals surface area contributed by atoms with Crippen LogP contribution in [0.25, 0.3) is 0 Å². The van der Waals surface area contributed by atoms with Gasteiger partial charge in [0.25, 0.3) is 0 Å². The Bertz CT molecular complexity index is 523. The van der Waals surface area contributed by atoms with Gasteiger partial charge < -0.3 is 19.9 Å². The van der Waals surface area contributed by atoms with Crippen molar-refractivity contribution in [2.24, 2.45) is 0 Å². The molecule has 4 nitrogen and oxygen atoms in total. The summed E-state index contributed by atoms with van der Waals surface area (Å²) >= 11 is 5.54. The van der Waals surface area contributed by atoms with Gasteiger partial charge in [0.1, 0.15) is 6.54 Å². The Morgan fingerprint density at radius 2 is 2.22 bits per heavy atom. The number of hydrogen-bond acceptors (Lipinski definition) is 2. The summed E-state index contributed by atoms with van der Waals surface area (Å²) < 4.78 is 5.64. The largest absolute Gasteiger partial charge is 0.376 e. The van der Waals surface area contributed by atoms with E-state index in [1.165, 1.54) is 17.5 Å². The summed E-state index contributed by atoms with van der Waals surface area (Å²) in [6.45, 7) is 9.41. The molecule has 5 heteroatoms. The number of hydrogen-bond donors (Lipinski definition) is 2. The van der Waals surface area contributed by atoms with E-state index < -0.39 is 0 Å². The van der Waals surface area contributed by atoms with Crippen LogP contribution in [0.5, 0.6) is 0 Å². The van der Waals surface area contributed by atoms with E-state index in [-0.39, 0.29) is 0 Å². The average Bonchev–Trinajstić information content (AvgIpc) is 3.07. The molecule has 2 N–H and O–H groups in total. The van der Waals surface area contributed by atoms with Crippen molar-refractivity contribution in [3.05, 3.63) is 35.4 Å². The molecule has 0 radical (unpaired) electrons. The molecule has 0 bridgehead atoms. The molecule has 1 aromatic carbocycles. The number of piperazine rings is 1. The van der Waals surface area contributed by atoms with Crippen LogP contribution in [0.1, 0.15) is 24.0 Å². The number of nitrogens with one attached hydrogen (secondary N) is 2. The number of thiocarbonyl (C=S) groups is 1. The average molecular weight is 335 g/mol. The second kappa shape index (κ2) is 8.08. The number of ether oxygens (including phenoxy) is 1. The van der Waals surface area contributed by atoms with Gasteiger partial charge in [-0.3, -0.25) is 0 Å². The maximum atomic E-state index is 5.64. The van der Waals surface area contributed by atoms with E-state index in [0.29, 0.717) is 6.10 Å². The van der Waals surface area contributed by atoms with Crippen molar-refractivity contribution in [2.45, 2.75) is 32.4 Å². The summed E-state index contributed by atoms with van der Waals surface area (Å²) in [6, 6.07) is 8.85. The second-order valence-electron chi connectivity index (χ2n) is 6.72. The van der Waals surface area contributed by atoms with E-state index >= 15 is 0 Å². The van der Waals surface area contributed by atoms with Crippen molar-refractivity contribution in [1.29, 1.82) is 0 Å². The van der Waals surface area contributed by atoms with Gasteiger partial charge in [0, 0.05) is 18.7 Å².